The molecule has 0 bridgehead atoms. The molecule has 1 amide bonds. The summed E-state index contributed by atoms with van der Waals surface area (Å²) in [5.74, 6) is -1.30. The quantitative estimate of drug-likeness (QED) is 0.332. The molecule has 5 rings (SSSR count). The van der Waals surface area contributed by atoms with E-state index in [0.717, 1.165) is 19.3 Å². The van der Waals surface area contributed by atoms with E-state index < -0.39 is 41.0 Å². The molecule has 10 heteroatoms. The van der Waals surface area contributed by atoms with Gasteiger partial charge in [-0.1, -0.05) is 26.0 Å². The second-order valence-corrected chi connectivity index (χ2v) is 11.6. The predicted molar refractivity (Wildman–Crippen MR) is 122 cm³/mol. The Balaban J connectivity index is 1.40. The topological polar surface area (TPSA) is 55.4 Å². The van der Waals surface area contributed by atoms with Crippen molar-refractivity contribution in [1.29, 1.82) is 0 Å². The lowest BCUT2D eigenvalue weighted by Gasteiger charge is -2.57. The standard InChI is InChI=1S/C27H29F6NO3/c1-24-10-8-16-15(6-7-20-25(16,2)11-9-21(35)37-20)19(24)12-14(13-24)23(36)34-22-17(26(28,29)30)4-3-5-18(22)27(31,32)33/h3-5,9,11,14-16,19-20H,6-8,10,12-13H2,1-2H3,(H,34,36)/t14?,15-,16-,19+,20?,24-,25-/m1/s1. The third-order valence-corrected chi connectivity index (χ3v) is 9.59. The average molecular weight is 530 g/mol. The third kappa shape index (κ3) is 4.34. The number of hydrogen-bond donors (Lipinski definition) is 1. The zero-order valence-corrected chi connectivity index (χ0v) is 20.5. The van der Waals surface area contributed by atoms with Crippen molar-refractivity contribution in [2.45, 2.75) is 70.8 Å². The van der Waals surface area contributed by atoms with Gasteiger partial charge in [0.15, 0.2) is 0 Å². The molecule has 1 aromatic rings. The monoisotopic (exact) mass is 529 g/mol. The molecule has 1 aromatic carbocycles. The first-order valence-electron chi connectivity index (χ1n) is 12.6. The Morgan fingerprint density at radius 2 is 1.65 bits per heavy atom. The van der Waals surface area contributed by atoms with Crippen molar-refractivity contribution in [2.75, 3.05) is 5.32 Å². The molecule has 4 aliphatic rings. The molecule has 0 aromatic heterocycles. The van der Waals surface area contributed by atoms with Crippen LogP contribution >= 0.6 is 0 Å². The first-order chi connectivity index (χ1) is 17.1. The summed E-state index contributed by atoms with van der Waals surface area (Å²) in [5.41, 5.74) is -4.82. The van der Waals surface area contributed by atoms with Gasteiger partial charge in [-0.25, -0.2) is 4.79 Å². The fourth-order valence-electron chi connectivity index (χ4n) is 7.84. The number of benzene rings is 1. The normalized spacial score (nSPS) is 37.3. The Bertz CT molecular complexity index is 1110. The van der Waals surface area contributed by atoms with Gasteiger partial charge >= 0.3 is 18.3 Å². The molecule has 202 valence electrons. The van der Waals surface area contributed by atoms with Crippen molar-refractivity contribution in [3.05, 3.63) is 41.5 Å². The summed E-state index contributed by atoms with van der Waals surface area (Å²) in [7, 11) is 0. The molecule has 7 atom stereocenters. The summed E-state index contributed by atoms with van der Waals surface area (Å²) >= 11 is 0. The third-order valence-electron chi connectivity index (χ3n) is 9.59. The zero-order valence-electron chi connectivity index (χ0n) is 20.5. The van der Waals surface area contributed by atoms with E-state index in [4.69, 9.17) is 4.74 Å². The highest BCUT2D eigenvalue weighted by Crippen LogP contribution is 2.65. The molecule has 3 aliphatic carbocycles. The van der Waals surface area contributed by atoms with Crippen LogP contribution in [0.1, 0.15) is 63.5 Å². The molecular formula is C27H29F6NO3. The number of ether oxygens (including phenoxy) is 1. The van der Waals surface area contributed by atoms with Gasteiger partial charge < -0.3 is 10.1 Å². The fourth-order valence-corrected chi connectivity index (χ4v) is 7.84. The van der Waals surface area contributed by atoms with E-state index in [1.54, 1.807) is 0 Å². The number of amides is 1. The minimum Gasteiger partial charge on any atom is -0.458 e. The summed E-state index contributed by atoms with van der Waals surface area (Å²) in [4.78, 5) is 25.0. The van der Waals surface area contributed by atoms with Crippen molar-refractivity contribution in [3.63, 3.8) is 0 Å². The number of para-hydroxylation sites is 1. The number of hydrogen-bond acceptors (Lipinski definition) is 3. The highest BCUT2D eigenvalue weighted by atomic mass is 19.4. The van der Waals surface area contributed by atoms with E-state index in [9.17, 15) is 35.9 Å². The van der Waals surface area contributed by atoms with Gasteiger partial charge in [0.1, 0.15) is 6.10 Å². The lowest BCUT2D eigenvalue weighted by Crippen LogP contribution is -2.54. The van der Waals surface area contributed by atoms with Crippen LogP contribution in [0.15, 0.2) is 30.4 Å². The summed E-state index contributed by atoms with van der Waals surface area (Å²) in [6.07, 6.45) is -2.97. The van der Waals surface area contributed by atoms with Crippen LogP contribution < -0.4 is 5.32 Å². The lowest BCUT2D eigenvalue weighted by molar-refractivity contribution is -0.166. The van der Waals surface area contributed by atoms with Gasteiger partial charge in [0.05, 0.1) is 16.8 Å². The average Bonchev–Trinajstić information content (AvgIpc) is 3.16. The van der Waals surface area contributed by atoms with Crippen molar-refractivity contribution in [1.82, 2.24) is 0 Å². The van der Waals surface area contributed by atoms with Crippen LogP contribution in [0.5, 0.6) is 0 Å². The highest BCUT2D eigenvalue weighted by molar-refractivity contribution is 5.94. The van der Waals surface area contributed by atoms with Crippen molar-refractivity contribution in [3.8, 4) is 0 Å². The van der Waals surface area contributed by atoms with Crippen molar-refractivity contribution < 1.29 is 40.7 Å². The summed E-state index contributed by atoms with van der Waals surface area (Å²) in [6, 6.07) is 1.80. The minimum atomic E-state index is -5.06. The Morgan fingerprint density at radius 3 is 2.27 bits per heavy atom. The Labute approximate surface area is 210 Å². The van der Waals surface area contributed by atoms with Crippen molar-refractivity contribution in [2.24, 2.45) is 34.5 Å². The highest BCUT2D eigenvalue weighted by Gasteiger charge is 2.60. The maximum atomic E-state index is 13.6. The number of fused-ring (bicyclic) bond motifs is 5. The van der Waals surface area contributed by atoms with E-state index in [2.05, 4.69) is 13.8 Å². The molecule has 2 unspecified atom stereocenters. The summed E-state index contributed by atoms with van der Waals surface area (Å²) < 4.78 is 87.0. The number of esters is 1. The number of alkyl halides is 6. The molecule has 3 fully saturated rings. The molecule has 37 heavy (non-hydrogen) atoms. The Morgan fingerprint density at radius 1 is 1.00 bits per heavy atom. The molecule has 0 radical (unpaired) electrons. The SMILES string of the molecule is C[C@]12CC[C@@H]3[C@@H](CCC4OC(=O)C=C[C@@]43C)[C@@H]1CC(C(=O)Nc1c(C(F)(F)F)cccc1C(F)(F)F)C2. The van der Waals surface area contributed by atoms with E-state index >= 15 is 0 Å². The lowest BCUT2D eigenvalue weighted by atomic mass is 9.49. The largest absolute Gasteiger partial charge is 0.458 e. The molecule has 3 saturated carbocycles. The molecule has 1 N–H and O–H groups in total. The molecule has 0 spiro atoms. The first-order valence-corrected chi connectivity index (χ1v) is 12.6. The van der Waals surface area contributed by atoms with E-state index in [1.165, 1.54) is 6.08 Å². The Hall–Kier alpha value is -2.52. The maximum absolute atomic E-state index is 13.6. The van der Waals surface area contributed by atoms with Crippen LogP contribution in [0.4, 0.5) is 32.0 Å². The number of nitrogens with one attached hydrogen (secondary N) is 1. The van der Waals surface area contributed by atoms with Crippen LogP contribution in [0.25, 0.3) is 0 Å². The van der Waals surface area contributed by atoms with Gasteiger partial charge in [-0.15, -0.1) is 0 Å². The van der Waals surface area contributed by atoms with Crippen LogP contribution in [0, 0.1) is 34.5 Å². The smallest absolute Gasteiger partial charge is 0.418 e. The van der Waals surface area contributed by atoms with Gasteiger partial charge in [0.2, 0.25) is 5.91 Å². The predicted octanol–water partition coefficient (Wildman–Crippen LogP) is 7.00. The van der Waals surface area contributed by atoms with Gasteiger partial charge in [-0.3, -0.25) is 4.79 Å². The second-order valence-electron chi connectivity index (χ2n) is 11.6. The van der Waals surface area contributed by atoms with Gasteiger partial charge in [-0.05, 0) is 73.8 Å². The number of carbonyl (C=O) groups excluding carboxylic acids is 2. The second kappa shape index (κ2) is 8.50. The van der Waals surface area contributed by atoms with E-state index in [0.29, 0.717) is 37.5 Å². The zero-order chi connectivity index (χ0) is 27.0. The molecule has 4 nitrogen and oxygen atoms in total. The first kappa shape index (κ1) is 26.1. The number of rotatable bonds is 2. The maximum Gasteiger partial charge on any atom is 0.418 e. The van der Waals surface area contributed by atoms with Crippen molar-refractivity contribution >= 4 is 17.6 Å². The van der Waals surface area contributed by atoms with E-state index in [-0.39, 0.29) is 40.7 Å². The number of halogens is 6. The molecular weight excluding hydrogens is 500 g/mol. The van der Waals surface area contributed by atoms with Crippen LogP contribution in [0.2, 0.25) is 0 Å². The van der Waals surface area contributed by atoms with E-state index in [1.807, 2.05) is 11.4 Å². The van der Waals surface area contributed by atoms with Crippen LogP contribution in [-0.4, -0.2) is 18.0 Å². The van der Waals surface area contributed by atoms with Crippen LogP contribution in [-0.2, 0) is 26.7 Å². The van der Waals surface area contributed by atoms with Crippen LogP contribution in [0.3, 0.4) is 0 Å². The van der Waals surface area contributed by atoms with Gasteiger partial charge in [0, 0.05) is 17.4 Å². The minimum absolute atomic E-state index is 0.103. The summed E-state index contributed by atoms with van der Waals surface area (Å²) in [5, 5.41) is 2.04. The fraction of sp³-hybridized carbons (Fsp3) is 0.630. The number of carbonyl (C=O) groups is 2. The molecule has 1 aliphatic heterocycles. The van der Waals surface area contributed by atoms with Gasteiger partial charge in [0.25, 0.3) is 0 Å². The molecule has 1 heterocycles. The Kier molecular flexibility index (Phi) is 5.99. The number of anilines is 1. The molecule has 0 saturated heterocycles. The summed E-state index contributed by atoms with van der Waals surface area (Å²) in [6.45, 7) is 4.17. The van der Waals surface area contributed by atoms with Gasteiger partial charge in [-0.2, -0.15) is 26.3 Å².